The van der Waals surface area contributed by atoms with Crippen LogP contribution >= 0.6 is 0 Å². The van der Waals surface area contributed by atoms with Gasteiger partial charge in [-0.1, -0.05) is 0 Å². The van der Waals surface area contributed by atoms with Crippen LogP contribution < -0.4 is 10.9 Å². The molecule has 27 heavy (non-hydrogen) atoms. The van der Waals surface area contributed by atoms with E-state index in [9.17, 15) is 19.2 Å². The third-order valence-electron chi connectivity index (χ3n) is 4.42. The van der Waals surface area contributed by atoms with Gasteiger partial charge < -0.3 is 14.6 Å². The van der Waals surface area contributed by atoms with Crippen molar-refractivity contribution in [1.82, 2.24) is 19.8 Å². The largest absolute Gasteiger partial charge is 0.449 e. The predicted molar refractivity (Wildman–Crippen MR) is 96.4 cm³/mol. The predicted octanol–water partition coefficient (Wildman–Crippen LogP) is 0.822. The van der Waals surface area contributed by atoms with E-state index in [2.05, 4.69) is 10.3 Å². The summed E-state index contributed by atoms with van der Waals surface area (Å²) in [5.74, 6) is -1.28. The molecule has 0 spiro atoms. The van der Waals surface area contributed by atoms with Gasteiger partial charge in [0.05, 0.1) is 16.6 Å². The van der Waals surface area contributed by atoms with Crippen LogP contribution in [0.5, 0.6) is 0 Å². The number of fused-ring (bicyclic) bond motifs is 1. The monoisotopic (exact) mass is 372 g/mol. The van der Waals surface area contributed by atoms with Crippen molar-refractivity contribution in [1.29, 1.82) is 0 Å². The molecule has 0 aliphatic carbocycles. The number of hydrogen-bond donors (Lipinski definition) is 1. The number of nitrogens with one attached hydrogen (secondary N) is 1. The van der Waals surface area contributed by atoms with E-state index in [1.807, 2.05) is 6.92 Å². The first-order valence-electron chi connectivity index (χ1n) is 8.65. The first-order chi connectivity index (χ1) is 12.8. The molecule has 1 fully saturated rings. The summed E-state index contributed by atoms with van der Waals surface area (Å²) in [6.07, 6.45) is -1.10. The van der Waals surface area contributed by atoms with Crippen molar-refractivity contribution in [2.24, 2.45) is 0 Å². The van der Waals surface area contributed by atoms with Crippen LogP contribution in [0.25, 0.3) is 11.0 Å². The van der Waals surface area contributed by atoms with Crippen molar-refractivity contribution in [2.75, 3.05) is 13.1 Å². The molecule has 1 atom stereocenters. The molecule has 3 amide bonds. The molecule has 2 aromatic rings. The molecular formula is C18H20N4O5. The van der Waals surface area contributed by atoms with E-state index in [0.29, 0.717) is 29.8 Å². The van der Waals surface area contributed by atoms with Crippen molar-refractivity contribution in [2.45, 2.75) is 33.4 Å². The van der Waals surface area contributed by atoms with Gasteiger partial charge >= 0.3 is 12.0 Å². The lowest BCUT2D eigenvalue weighted by atomic mass is 10.2. The van der Waals surface area contributed by atoms with Gasteiger partial charge in [0.15, 0.2) is 6.10 Å². The van der Waals surface area contributed by atoms with Crippen LogP contribution in [-0.4, -0.2) is 51.6 Å². The van der Waals surface area contributed by atoms with E-state index >= 15 is 0 Å². The van der Waals surface area contributed by atoms with Crippen LogP contribution in [0, 0.1) is 6.92 Å². The fourth-order valence-electron chi connectivity index (χ4n) is 3.00. The minimum atomic E-state index is -1.10. The third kappa shape index (κ3) is 3.40. The highest BCUT2D eigenvalue weighted by molar-refractivity contribution is 6.00. The molecule has 0 radical (unpaired) electrons. The zero-order chi connectivity index (χ0) is 19.7. The number of imide groups is 1. The van der Waals surface area contributed by atoms with Crippen LogP contribution in [0.15, 0.2) is 23.0 Å². The van der Waals surface area contributed by atoms with Crippen molar-refractivity contribution in [3.63, 3.8) is 0 Å². The van der Waals surface area contributed by atoms with Gasteiger partial charge in [-0.2, -0.15) is 0 Å². The van der Waals surface area contributed by atoms with Gasteiger partial charge in [-0.3, -0.25) is 14.5 Å². The second kappa shape index (κ2) is 7.18. The minimum Gasteiger partial charge on any atom is -0.449 e. The molecule has 0 saturated carbocycles. The van der Waals surface area contributed by atoms with Crippen molar-refractivity contribution in [3.05, 3.63) is 39.8 Å². The lowest BCUT2D eigenvalue weighted by molar-refractivity contribution is -0.136. The third-order valence-corrected chi connectivity index (χ3v) is 4.42. The number of benzene rings is 1. The number of urea groups is 1. The van der Waals surface area contributed by atoms with Gasteiger partial charge in [0, 0.05) is 19.6 Å². The second-order valence-electron chi connectivity index (χ2n) is 6.22. The van der Waals surface area contributed by atoms with Gasteiger partial charge in [0.25, 0.3) is 11.5 Å². The Balaban J connectivity index is 1.83. The minimum absolute atomic E-state index is 0.177. The van der Waals surface area contributed by atoms with E-state index in [0.717, 1.165) is 4.90 Å². The van der Waals surface area contributed by atoms with Gasteiger partial charge in [-0.15, -0.1) is 0 Å². The maximum absolute atomic E-state index is 12.4. The fraction of sp³-hybridized carbons (Fsp3) is 0.389. The fourth-order valence-corrected chi connectivity index (χ4v) is 3.00. The van der Waals surface area contributed by atoms with Gasteiger partial charge in [-0.25, -0.2) is 14.6 Å². The molecule has 142 valence electrons. The second-order valence-corrected chi connectivity index (χ2v) is 6.22. The molecule has 0 bridgehead atoms. The summed E-state index contributed by atoms with van der Waals surface area (Å²) >= 11 is 0. The Kier molecular flexibility index (Phi) is 4.93. The molecule has 1 N–H and O–H groups in total. The molecular weight excluding hydrogens is 352 g/mol. The maximum Gasteiger partial charge on any atom is 0.338 e. The van der Waals surface area contributed by atoms with Crippen LogP contribution in [0.2, 0.25) is 0 Å². The lowest BCUT2D eigenvalue weighted by Gasteiger charge is -2.18. The average Bonchev–Trinajstić information content (AvgIpc) is 3.07. The molecule has 2 heterocycles. The zero-order valence-corrected chi connectivity index (χ0v) is 15.3. The summed E-state index contributed by atoms with van der Waals surface area (Å²) < 4.78 is 6.79. The highest BCUT2D eigenvalue weighted by Gasteiger charge is 2.31. The number of aryl methyl sites for hydroxylation is 2. The first kappa shape index (κ1) is 18.6. The number of carbonyl (C=O) groups is 3. The summed E-state index contributed by atoms with van der Waals surface area (Å²) in [5, 5.41) is 2.52. The SMILES string of the molecule is CCn1c(=O)c(C)nc2cc(C(=O)O[C@@H](C)C(=O)N3CCNC3=O)ccc21. The standard InChI is InChI=1S/C18H20N4O5/c1-4-21-14-6-5-12(9-13(14)20-10(2)15(21)23)17(25)27-11(3)16(24)22-8-7-19-18(22)26/h5-6,9,11H,4,7-8H2,1-3H3,(H,19,26)/t11-/m0/s1. The molecule has 1 aromatic heterocycles. The topological polar surface area (TPSA) is 111 Å². The molecule has 1 saturated heterocycles. The number of amides is 3. The summed E-state index contributed by atoms with van der Waals surface area (Å²) in [6.45, 7) is 5.98. The molecule has 1 aromatic carbocycles. The van der Waals surface area contributed by atoms with E-state index in [1.165, 1.54) is 19.1 Å². The van der Waals surface area contributed by atoms with Crippen molar-refractivity contribution >= 4 is 28.9 Å². The number of aromatic nitrogens is 2. The van der Waals surface area contributed by atoms with E-state index < -0.39 is 24.0 Å². The molecule has 1 aliphatic rings. The smallest absolute Gasteiger partial charge is 0.338 e. The maximum atomic E-state index is 12.4. The van der Waals surface area contributed by atoms with Gasteiger partial charge in [0.2, 0.25) is 0 Å². The number of hydrogen-bond acceptors (Lipinski definition) is 6. The number of nitrogens with zero attached hydrogens (tertiary/aromatic N) is 3. The molecule has 0 unspecified atom stereocenters. The Morgan fingerprint density at radius 2 is 2.07 bits per heavy atom. The Labute approximate surface area is 154 Å². The summed E-state index contributed by atoms with van der Waals surface area (Å²) in [5.41, 5.74) is 1.46. The van der Waals surface area contributed by atoms with Crippen molar-refractivity contribution < 1.29 is 19.1 Å². The highest BCUT2D eigenvalue weighted by Crippen LogP contribution is 2.15. The Bertz CT molecular complexity index is 997. The molecule has 9 heteroatoms. The van der Waals surface area contributed by atoms with Crippen LogP contribution in [0.3, 0.4) is 0 Å². The first-order valence-corrected chi connectivity index (χ1v) is 8.65. The van der Waals surface area contributed by atoms with Gasteiger partial charge in [0.1, 0.15) is 5.69 Å². The summed E-state index contributed by atoms with van der Waals surface area (Å²) in [4.78, 5) is 53.6. The van der Waals surface area contributed by atoms with Gasteiger partial charge in [-0.05, 0) is 39.0 Å². The normalized spacial score (nSPS) is 14.9. The van der Waals surface area contributed by atoms with Crippen LogP contribution in [-0.2, 0) is 16.1 Å². The number of esters is 1. The molecule has 3 rings (SSSR count). The highest BCUT2D eigenvalue weighted by atomic mass is 16.5. The number of ether oxygens (including phenoxy) is 1. The number of rotatable bonds is 4. The quantitative estimate of drug-likeness (QED) is 0.796. The Hall–Kier alpha value is -3.23. The van der Waals surface area contributed by atoms with E-state index in [1.54, 1.807) is 17.6 Å². The molecule has 9 nitrogen and oxygen atoms in total. The molecule has 1 aliphatic heterocycles. The van der Waals surface area contributed by atoms with E-state index in [4.69, 9.17) is 4.74 Å². The Morgan fingerprint density at radius 1 is 1.33 bits per heavy atom. The van der Waals surface area contributed by atoms with Crippen LogP contribution in [0.1, 0.15) is 29.9 Å². The van der Waals surface area contributed by atoms with Crippen molar-refractivity contribution in [3.8, 4) is 0 Å². The summed E-state index contributed by atoms with van der Waals surface area (Å²) in [6, 6.07) is 4.18. The zero-order valence-electron chi connectivity index (χ0n) is 15.3. The average molecular weight is 372 g/mol. The van der Waals surface area contributed by atoms with Crippen LogP contribution in [0.4, 0.5) is 4.79 Å². The van der Waals surface area contributed by atoms with E-state index in [-0.39, 0.29) is 17.7 Å². The number of carbonyl (C=O) groups excluding carboxylic acids is 3. The lowest BCUT2D eigenvalue weighted by Crippen LogP contribution is -2.41. The Morgan fingerprint density at radius 3 is 2.70 bits per heavy atom. The summed E-state index contributed by atoms with van der Waals surface area (Å²) in [7, 11) is 0.